The van der Waals surface area contributed by atoms with Crippen LogP contribution in [0, 0.1) is 11.3 Å². The van der Waals surface area contributed by atoms with Crippen LogP contribution in [0.4, 0.5) is 11.4 Å². The number of hydrogen-bond acceptors (Lipinski definition) is 2. The molecule has 0 amide bonds. The molecular formula is C15H13N3S. The molecule has 0 bridgehead atoms. The Hall–Kier alpha value is -2.38. The number of nitrogens with one attached hydrogen (secondary N) is 2. The number of hydrogen-bond donors (Lipinski definition) is 2. The zero-order valence-electron chi connectivity index (χ0n) is 10.3. The van der Waals surface area contributed by atoms with Gasteiger partial charge in [-0.25, -0.2) is 0 Å². The molecule has 0 atom stereocenters. The molecule has 0 fully saturated rings. The second-order valence-electron chi connectivity index (χ2n) is 3.98. The van der Waals surface area contributed by atoms with Crippen LogP contribution in [-0.2, 0) is 6.42 Å². The Morgan fingerprint density at radius 1 is 0.947 bits per heavy atom. The van der Waals surface area contributed by atoms with Crippen LogP contribution < -0.4 is 10.6 Å². The van der Waals surface area contributed by atoms with Gasteiger partial charge in [0, 0.05) is 11.4 Å². The zero-order chi connectivity index (χ0) is 13.5. The van der Waals surface area contributed by atoms with E-state index in [-0.39, 0.29) is 0 Å². The van der Waals surface area contributed by atoms with Crippen molar-refractivity contribution in [2.45, 2.75) is 6.42 Å². The summed E-state index contributed by atoms with van der Waals surface area (Å²) >= 11 is 5.23. The lowest BCUT2D eigenvalue weighted by Crippen LogP contribution is -2.18. The Bertz CT molecular complexity index is 585. The van der Waals surface area contributed by atoms with Gasteiger partial charge >= 0.3 is 0 Å². The molecule has 0 saturated carbocycles. The van der Waals surface area contributed by atoms with Gasteiger partial charge in [-0.2, -0.15) is 5.26 Å². The van der Waals surface area contributed by atoms with Crippen LogP contribution in [0.3, 0.4) is 0 Å². The van der Waals surface area contributed by atoms with Gasteiger partial charge in [-0.3, -0.25) is 0 Å². The molecule has 0 aliphatic carbocycles. The molecule has 0 unspecified atom stereocenters. The first kappa shape index (κ1) is 13.1. The van der Waals surface area contributed by atoms with Crippen molar-refractivity contribution in [2.75, 3.05) is 10.6 Å². The van der Waals surface area contributed by atoms with Crippen LogP contribution in [0.2, 0.25) is 0 Å². The molecular weight excluding hydrogens is 254 g/mol. The van der Waals surface area contributed by atoms with Crippen molar-refractivity contribution < 1.29 is 0 Å². The van der Waals surface area contributed by atoms with Crippen molar-refractivity contribution in [1.82, 2.24) is 0 Å². The highest BCUT2D eigenvalue weighted by atomic mass is 32.1. The Morgan fingerprint density at radius 2 is 1.53 bits per heavy atom. The number of anilines is 2. The fourth-order valence-electron chi connectivity index (χ4n) is 1.61. The molecule has 2 aromatic carbocycles. The van der Waals surface area contributed by atoms with Gasteiger partial charge in [0.1, 0.15) is 0 Å². The van der Waals surface area contributed by atoms with Crippen molar-refractivity contribution in [3.05, 3.63) is 60.2 Å². The van der Waals surface area contributed by atoms with E-state index in [0.29, 0.717) is 11.5 Å². The van der Waals surface area contributed by atoms with E-state index in [1.165, 1.54) is 0 Å². The van der Waals surface area contributed by atoms with Crippen molar-refractivity contribution in [1.29, 1.82) is 5.26 Å². The summed E-state index contributed by atoms with van der Waals surface area (Å²) in [5.74, 6) is 0. The smallest absolute Gasteiger partial charge is 0.175 e. The first-order valence-electron chi connectivity index (χ1n) is 5.87. The lowest BCUT2D eigenvalue weighted by Gasteiger charge is -2.10. The van der Waals surface area contributed by atoms with E-state index in [1.807, 2.05) is 54.6 Å². The summed E-state index contributed by atoms with van der Waals surface area (Å²) in [5, 5.41) is 15.3. The predicted octanol–water partition coefficient (Wildman–Crippen LogP) is 3.56. The number of nitrogens with zero attached hydrogens (tertiary/aromatic N) is 1. The monoisotopic (exact) mass is 267 g/mol. The zero-order valence-corrected chi connectivity index (χ0v) is 11.1. The van der Waals surface area contributed by atoms with Crippen molar-refractivity contribution >= 4 is 28.7 Å². The first-order chi connectivity index (χ1) is 9.28. The van der Waals surface area contributed by atoms with E-state index >= 15 is 0 Å². The van der Waals surface area contributed by atoms with Gasteiger partial charge in [0.25, 0.3) is 0 Å². The molecule has 2 rings (SSSR count). The Labute approximate surface area is 117 Å². The Balaban J connectivity index is 1.94. The maximum absolute atomic E-state index is 8.60. The SMILES string of the molecule is N#CCc1ccc(NC(=S)Nc2ccccc2)cc1. The number of benzene rings is 2. The second kappa shape index (κ2) is 6.53. The molecule has 4 heteroatoms. The van der Waals surface area contributed by atoms with E-state index in [2.05, 4.69) is 16.7 Å². The van der Waals surface area contributed by atoms with Gasteiger partial charge < -0.3 is 10.6 Å². The molecule has 2 aromatic rings. The minimum atomic E-state index is 0.424. The van der Waals surface area contributed by atoms with Gasteiger partial charge in [-0.15, -0.1) is 0 Å². The van der Waals surface area contributed by atoms with Crippen molar-refractivity contribution in [3.8, 4) is 6.07 Å². The molecule has 0 radical (unpaired) electrons. The van der Waals surface area contributed by atoms with Gasteiger partial charge in [-0.1, -0.05) is 30.3 Å². The number of para-hydroxylation sites is 1. The maximum Gasteiger partial charge on any atom is 0.175 e. The summed E-state index contributed by atoms with van der Waals surface area (Å²) in [6, 6.07) is 19.5. The molecule has 19 heavy (non-hydrogen) atoms. The lowest BCUT2D eigenvalue weighted by atomic mass is 10.1. The molecule has 0 aliphatic heterocycles. The van der Waals surface area contributed by atoms with E-state index < -0.39 is 0 Å². The highest BCUT2D eigenvalue weighted by Gasteiger charge is 1.98. The second-order valence-corrected chi connectivity index (χ2v) is 4.39. The van der Waals surface area contributed by atoms with E-state index in [1.54, 1.807) is 0 Å². The third-order valence-corrected chi connectivity index (χ3v) is 2.73. The molecule has 0 aromatic heterocycles. The number of nitriles is 1. The Morgan fingerprint density at radius 3 is 2.11 bits per heavy atom. The maximum atomic E-state index is 8.60. The summed E-state index contributed by atoms with van der Waals surface area (Å²) < 4.78 is 0. The normalized spacial score (nSPS) is 9.42. The predicted molar refractivity (Wildman–Crippen MR) is 82.0 cm³/mol. The largest absolute Gasteiger partial charge is 0.332 e. The summed E-state index contributed by atoms with van der Waals surface area (Å²) in [6.07, 6.45) is 0.424. The van der Waals surface area contributed by atoms with Gasteiger partial charge in [-0.05, 0) is 42.0 Å². The topological polar surface area (TPSA) is 47.9 Å². The van der Waals surface area contributed by atoms with Crippen LogP contribution in [0.1, 0.15) is 5.56 Å². The van der Waals surface area contributed by atoms with Crippen LogP contribution in [0.25, 0.3) is 0 Å². The van der Waals surface area contributed by atoms with E-state index in [0.717, 1.165) is 16.9 Å². The minimum absolute atomic E-state index is 0.424. The van der Waals surface area contributed by atoms with Crippen LogP contribution >= 0.6 is 12.2 Å². The highest BCUT2D eigenvalue weighted by Crippen LogP contribution is 2.11. The fraction of sp³-hybridized carbons (Fsp3) is 0.0667. The van der Waals surface area contributed by atoms with Gasteiger partial charge in [0.05, 0.1) is 12.5 Å². The molecule has 0 spiro atoms. The molecule has 0 heterocycles. The Kier molecular flexibility index (Phi) is 4.49. The van der Waals surface area contributed by atoms with Gasteiger partial charge in [0.2, 0.25) is 0 Å². The third-order valence-electron chi connectivity index (χ3n) is 2.53. The summed E-state index contributed by atoms with van der Waals surface area (Å²) in [6.45, 7) is 0. The van der Waals surface area contributed by atoms with Gasteiger partial charge in [0.15, 0.2) is 5.11 Å². The average molecular weight is 267 g/mol. The molecule has 94 valence electrons. The van der Waals surface area contributed by atoms with Crippen LogP contribution in [0.5, 0.6) is 0 Å². The first-order valence-corrected chi connectivity index (χ1v) is 6.28. The van der Waals surface area contributed by atoms with Crippen LogP contribution in [0.15, 0.2) is 54.6 Å². The summed E-state index contributed by atoms with van der Waals surface area (Å²) in [7, 11) is 0. The fourth-order valence-corrected chi connectivity index (χ4v) is 1.85. The number of rotatable bonds is 3. The minimum Gasteiger partial charge on any atom is -0.332 e. The number of thiocarbonyl (C=S) groups is 1. The average Bonchev–Trinajstić information content (AvgIpc) is 2.42. The molecule has 3 nitrogen and oxygen atoms in total. The van der Waals surface area contributed by atoms with Crippen molar-refractivity contribution in [3.63, 3.8) is 0 Å². The summed E-state index contributed by atoms with van der Waals surface area (Å²) in [4.78, 5) is 0. The van der Waals surface area contributed by atoms with Crippen LogP contribution in [-0.4, -0.2) is 5.11 Å². The highest BCUT2D eigenvalue weighted by molar-refractivity contribution is 7.80. The quantitative estimate of drug-likeness (QED) is 0.835. The molecule has 0 saturated heterocycles. The van der Waals surface area contributed by atoms with E-state index in [9.17, 15) is 0 Å². The molecule has 0 aliphatic rings. The van der Waals surface area contributed by atoms with E-state index in [4.69, 9.17) is 17.5 Å². The molecule has 2 N–H and O–H groups in total. The lowest BCUT2D eigenvalue weighted by molar-refractivity contribution is 1.26. The van der Waals surface area contributed by atoms with Crippen molar-refractivity contribution in [2.24, 2.45) is 0 Å². The summed E-state index contributed by atoms with van der Waals surface area (Å²) in [5.41, 5.74) is 2.84. The third kappa shape index (κ3) is 4.09. The standard InChI is InChI=1S/C15H13N3S/c16-11-10-12-6-8-14(9-7-12)18-15(19)17-13-4-2-1-3-5-13/h1-9H,10H2,(H2,17,18,19).